The summed E-state index contributed by atoms with van der Waals surface area (Å²) in [4.78, 5) is 3.13. The third kappa shape index (κ3) is 2.33. The summed E-state index contributed by atoms with van der Waals surface area (Å²) in [5, 5.41) is 9.41. The normalized spacial score (nSPS) is 12.1. The molecule has 0 aliphatic rings. The SMILES string of the molecule is [C-]#[N+]CC(O)c1cccc(Br)c1. The molecule has 1 aromatic rings. The zero-order chi connectivity index (χ0) is 8.97. The van der Waals surface area contributed by atoms with E-state index in [0.29, 0.717) is 0 Å². The van der Waals surface area contributed by atoms with Crippen LogP contribution in [-0.2, 0) is 0 Å². The van der Waals surface area contributed by atoms with E-state index in [1.165, 1.54) is 0 Å². The third-order valence-corrected chi connectivity index (χ3v) is 1.99. The molecule has 62 valence electrons. The first-order valence-electron chi connectivity index (χ1n) is 3.51. The molecule has 0 radical (unpaired) electrons. The maximum Gasteiger partial charge on any atom is 0.244 e. The summed E-state index contributed by atoms with van der Waals surface area (Å²) in [6.45, 7) is 6.71. The molecule has 0 heterocycles. The highest BCUT2D eigenvalue weighted by Gasteiger charge is 2.09. The molecule has 1 aromatic carbocycles. The van der Waals surface area contributed by atoms with Gasteiger partial charge in [-0.2, -0.15) is 0 Å². The summed E-state index contributed by atoms with van der Waals surface area (Å²) in [5.41, 5.74) is 0.778. The highest BCUT2D eigenvalue weighted by Crippen LogP contribution is 2.18. The average Bonchev–Trinajstić information content (AvgIpc) is 2.05. The molecular weight excluding hydrogens is 218 g/mol. The van der Waals surface area contributed by atoms with E-state index in [4.69, 9.17) is 6.57 Å². The summed E-state index contributed by atoms with van der Waals surface area (Å²) in [6.07, 6.45) is -0.667. The number of benzene rings is 1. The molecular formula is C9H8BrNO. The number of aliphatic hydroxyl groups excluding tert-OH is 1. The van der Waals surface area contributed by atoms with Gasteiger partial charge in [-0.15, -0.1) is 0 Å². The molecule has 12 heavy (non-hydrogen) atoms. The standard InChI is InChI=1S/C9H8BrNO/c1-11-6-9(12)7-3-2-4-8(10)5-7/h2-5,9,12H,6H2. The van der Waals surface area contributed by atoms with Gasteiger partial charge in [0.2, 0.25) is 6.54 Å². The van der Waals surface area contributed by atoms with Crippen molar-refractivity contribution in [2.45, 2.75) is 6.10 Å². The fourth-order valence-corrected chi connectivity index (χ4v) is 1.32. The van der Waals surface area contributed by atoms with Gasteiger partial charge in [0.25, 0.3) is 0 Å². The third-order valence-electron chi connectivity index (χ3n) is 1.50. The Hall–Kier alpha value is -0.850. The van der Waals surface area contributed by atoms with Crippen molar-refractivity contribution in [3.63, 3.8) is 0 Å². The van der Waals surface area contributed by atoms with Gasteiger partial charge in [0, 0.05) is 4.47 Å². The van der Waals surface area contributed by atoms with Crippen LogP contribution >= 0.6 is 15.9 Å². The van der Waals surface area contributed by atoms with E-state index in [9.17, 15) is 5.11 Å². The zero-order valence-electron chi connectivity index (χ0n) is 6.37. The number of aliphatic hydroxyl groups is 1. The van der Waals surface area contributed by atoms with Crippen molar-refractivity contribution in [1.29, 1.82) is 0 Å². The number of halogens is 1. The number of hydrogen-bond acceptors (Lipinski definition) is 1. The van der Waals surface area contributed by atoms with E-state index in [-0.39, 0.29) is 6.54 Å². The summed E-state index contributed by atoms with van der Waals surface area (Å²) >= 11 is 3.29. The zero-order valence-corrected chi connectivity index (χ0v) is 7.95. The molecule has 0 aliphatic heterocycles. The molecule has 1 N–H and O–H groups in total. The van der Waals surface area contributed by atoms with Crippen molar-refractivity contribution in [2.75, 3.05) is 6.54 Å². The van der Waals surface area contributed by atoms with Crippen LogP contribution in [0.25, 0.3) is 4.85 Å². The molecule has 0 bridgehead atoms. The second kappa shape index (κ2) is 4.24. The minimum atomic E-state index is -0.667. The van der Waals surface area contributed by atoms with Gasteiger partial charge in [-0.3, -0.25) is 0 Å². The van der Waals surface area contributed by atoms with Gasteiger partial charge in [-0.25, -0.2) is 6.57 Å². The smallest absolute Gasteiger partial charge is 0.244 e. The van der Waals surface area contributed by atoms with Crippen molar-refractivity contribution in [1.82, 2.24) is 0 Å². The maximum absolute atomic E-state index is 9.41. The molecule has 0 aromatic heterocycles. The van der Waals surface area contributed by atoms with Crippen LogP contribution in [0.15, 0.2) is 28.7 Å². The molecule has 0 saturated carbocycles. The fraction of sp³-hybridized carbons (Fsp3) is 0.222. The summed E-state index contributed by atoms with van der Waals surface area (Å²) in [5.74, 6) is 0. The van der Waals surface area contributed by atoms with Gasteiger partial charge in [0.15, 0.2) is 6.10 Å². The van der Waals surface area contributed by atoms with Gasteiger partial charge in [0.1, 0.15) is 0 Å². The molecule has 0 amide bonds. The molecule has 1 unspecified atom stereocenters. The van der Waals surface area contributed by atoms with E-state index in [1.54, 1.807) is 6.07 Å². The maximum atomic E-state index is 9.41. The Labute approximate surface area is 79.8 Å². The van der Waals surface area contributed by atoms with E-state index in [2.05, 4.69) is 20.8 Å². The predicted octanol–water partition coefficient (Wildman–Crippen LogP) is 2.40. The van der Waals surface area contributed by atoms with Crippen molar-refractivity contribution >= 4 is 15.9 Å². The minimum absolute atomic E-state index is 0.121. The van der Waals surface area contributed by atoms with Gasteiger partial charge in [0.05, 0.1) is 0 Å². The van der Waals surface area contributed by atoms with Crippen molar-refractivity contribution in [3.05, 3.63) is 45.7 Å². The lowest BCUT2D eigenvalue weighted by atomic mass is 10.1. The topological polar surface area (TPSA) is 24.6 Å². The number of nitrogens with zero attached hydrogens (tertiary/aromatic N) is 1. The lowest BCUT2D eigenvalue weighted by Crippen LogP contribution is -1.99. The Morgan fingerprint density at radius 3 is 2.92 bits per heavy atom. The van der Waals surface area contributed by atoms with Crippen LogP contribution in [0.2, 0.25) is 0 Å². The monoisotopic (exact) mass is 225 g/mol. The first-order chi connectivity index (χ1) is 5.74. The van der Waals surface area contributed by atoms with Crippen molar-refractivity contribution in [2.24, 2.45) is 0 Å². The Morgan fingerprint density at radius 2 is 2.33 bits per heavy atom. The van der Waals surface area contributed by atoms with Gasteiger partial charge in [-0.1, -0.05) is 28.1 Å². The molecule has 3 heteroatoms. The van der Waals surface area contributed by atoms with E-state index >= 15 is 0 Å². The summed E-state index contributed by atoms with van der Waals surface area (Å²) in [7, 11) is 0. The predicted molar refractivity (Wildman–Crippen MR) is 50.6 cm³/mol. The Bertz CT molecular complexity index is 306. The van der Waals surface area contributed by atoms with E-state index in [1.807, 2.05) is 18.2 Å². The highest BCUT2D eigenvalue weighted by atomic mass is 79.9. The van der Waals surface area contributed by atoms with Crippen LogP contribution in [0.1, 0.15) is 11.7 Å². The number of hydrogen-bond donors (Lipinski definition) is 1. The molecule has 1 atom stereocenters. The molecule has 2 nitrogen and oxygen atoms in total. The fourth-order valence-electron chi connectivity index (χ4n) is 0.906. The largest absolute Gasteiger partial charge is 0.381 e. The molecule has 1 rings (SSSR count). The van der Waals surface area contributed by atoms with Crippen LogP contribution in [0.5, 0.6) is 0 Å². The van der Waals surface area contributed by atoms with Gasteiger partial charge < -0.3 is 9.95 Å². The Morgan fingerprint density at radius 1 is 1.58 bits per heavy atom. The van der Waals surface area contributed by atoms with Crippen LogP contribution in [0.3, 0.4) is 0 Å². The van der Waals surface area contributed by atoms with Crippen LogP contribution < -0.4 is 0 Å². The average molecular weight is 226 g/mol. The van der Waals surface area contributed by atoms with E-state index < -0.39 is 6.10 Å². The number of rotatable bonds is 2. The van der Waals surface area contributed by atoms with Crippen molar-refractivity contribution < 1.29 is 5.11 Å². The summed E-state index contributed by atoms with van der Waals surface area (Å²) < 4.78 is 0.920. The molecule has 0 spiro atoms. The van der Waals surface area contributed by atoms with Crippen LogP contribution in [0, 0.1) is 6.57 Å². The quantitative estimate of drug-likeness (QED) is 0.769. The Balaban J connectivity index is 2.82. The Kier molecular flexibility index (Phi) is 3.27. The molecule has 0 fully saturated rings. The molecule has 0 aliphatic carbocycles. The van der Waals surface area contributed by atoms with E-state index in [0.717, 1.165) is 10.0 Å². The second-order valence-corrected chi connectivity index (χ2v) is 3.33. The summed E-state index contributed by atoms with van der Waals surface area (Å²) in [6, 6.07) is 7.34. The first-order valence-corrected chi connectivity index (χ1v) is 4.30. The van der Waals surface area contributed by atoms with Gasteiger partial charge >= 0.3 is 0 Å². The highest BCUT2D eigenvalue weighted by molar-refractivity contribution is 9.10. The first kappa shape index (κ1) is 9.24. The van der Waals surface area contributed by atoms with Crippen LogP contribution in [-0.4, -0.2) is 11.7 Å². The van der Waals surface area contributed by atoms with Crippen LogP contribution in [0.4, 0.5) is 0 Å². The minimum Gasteiger partial charge on any atom is -0.381 e. The second-order valence-electron chi connectivity index (χ2n) is 2.41. The lowest BCUT2D eigenvalue weighted by Gasteiger charge is -2.03. The van der Waals surface area contributed by atoms with Gasteiger partial charge in [-0.05, 0) is 17.7 Å². The molecule has 0 saturated heterocycles. The van der Waals surface area contributed by atoms with Crippen molar-refractivity contribution in [3.8, 4) is 0 Å². The lowest BCUT2D eigenvalue weighted by molar-refractivity contribution is 0.195.